The maximum Gasteiger partial charge on any atom is 0.246 e. The van der Waals surface area contributed by atoms with Crippen molar-refractivity contribution in [2.75, 3.05) is 31.3 Å². The molecule has 2 N–H and O–H groups in total. The first kappa shape index (κ1) is 23.4. The number of pyridine rings is 1. The molecular weight excluding hydrogens is 472 g/mol. The van der Waals surface area contributed by atoms with Crippen molar-refractivity contribution in [1.82, 2.24) is 9.88 Å². The highest BCUT2D eigenvalue weighted by molar-refractivity contribution is 9.10. The zero-order valence-corrected chi connectivity index (χ0v) is 19.7. The summed E-state index contributed by atoms with van der Waals surface area (Å²) in [6.45, 7) is 1.94. The molecule has 2 amide bonds. The Morgan fingerprint density at radius 3 is 2.50 bits per heavy atom. The van der Waals surface area contributed by atoms with Crippen LogP contribution in [0.2, 0.25) is 0 Å². The van der Waals surface area contributed by atoms with Gasteiger partial charge in [-0.1, -0.05) is 36.4 Å². The van der Waals surface area contributed by atoms with Gasteiger partial charge in [0.1, 0.15) is 17.6 Å². The Hall–Kier alpha value is -3.23. The van der Waals surface area contributed by atoms with Gasteiger partial charge in [-0.2, -0.15) is 0 Å². The first-order valence-electron chi connectivity index (χ1n) is 9.99. The van der Waals surface area contributed by atoms with Crippen LogP contribution in [0.5, 0.6) is 5.75 Å². The van der Waals surface area contributed by atoms with Gasteiger partial charge in [0.25, 0.3) is 0 Å². The van der Waals surface area contributed by atoms with E-state index in [4.69, 9.17) is 4.74 Å². The van der Waals surface area contributed by atoms with Crippen molar-refractivity contribution in [3.63, 3.8) is 0 Å². The van der Waals surface area contributed by atoms with Gasteiger partial charge in [0.2, 0.25) is 11.8 Å². The number of aromatic nitrogens is 1. The highest BCUT2D eigenvalue weighted by atomic mass is 79.9. The second-order valence-corrected chi connectivity index (χ2v) is 8.25. The van der Waals surface area contributed by atoms with Crippen LogP contribution in [0.4, 0.5) is 11.5 Å². The Morgan fingerprint density at radius 2 is 1.84 bits per heavy atom. The molecular formula is C24H25BrN4O3. The normalized spacial score (nSPS) is 11.7. The monoisotopic (exact) mass is 496 g/mol. The molecule has 3 aromatic rings. The number of likely N-dealkylation sites (N-methyl/N-ethyl adjacent to an activating group) is 1. The van der Waals surface area contributed by atoms with Gasteiger partial charge < -0.3 is 15.4 Å². The molecule has 0 fully saturated rings. The van der Waals surface area contributed by atoms with Crippen molar-refractivity contribution < 1.29 is 14.3 Å². The molecule has 0 aliphatic carbocycles. The van der Waals surface area contributed by atoms with E-state index in [9.17, 15) is 9.59 Å². The summed E-state index contributed by atoms with van der Waals surface area (Å²) in [7, 11) is 3.29. The molecule has 0 aliphatic rings. The molecule has 32 heavy (non-hydrogen) atoms. The molecule has 3 rings (SSSR count). The van der Waals surface area contributed by atoms with E-state index in [-0.39, 0.29) is 18.4 Å². The lowest BCUT2D eigenvalue weighted by atomic mass is 10.0. The van der Waals surface area contributed by atoms with Crippen LogP contribution in [0.1, 0.15) is 17.2 Å². The lowest BCUT2D eigenvalue weighted by Gasteiger charge is -2.27. The number of hydrogen-bond acceptors (Lipinski definition) is 5. The number of ether oxygens (including phenoxy) is 1. The van der Waals surface area contributed by atoms with Gasteiger partial charge in [-0.3, -0.25) is 14.5 Å². The summed E-state index contributed by atoms with van der Waals surface area (Å²) in [4.78, 5) is 31.8. The number of rotatable bonds is 8. The van der Waals surface area contributed by atoms with Crippen LogP contribution in [0.3, 0.4) is 0 Å². The maximum absolute atomic E-state index is 13.4. The number of hydrogen-bond donors (Lipinski definition) is 2. The summed E-state index contributed by atoms with van der Waals surface area (Å²) in [6.07, 6.45) is 1.61. The number of amides is 2. The molecule has 2 aromatic carbocycles. The third-order valence-electron chi connectivity index (χ3n) is 4.81. The molecule has 8 heteroatoms. The summed E-state index contributed by atoms with van der Waals surface area (Å²) in [5, 5.41) is 5.71. The number of halogens is 1. The van der Waals surface area contributed by atoms with Gasteiger partial charge in [0, 0.05) is 10.7 Å². The van der Waals surface area contributed by atoms with Crippen LogP contribution in [0.25, 0.3) is 0 Å². The summed E-state index contributed by atoms with van der Waals surface area (Å²) in [6, 6.07) is 17.7. The van der Waals surface area contributed by atoms with E-state index in [1.54, 1.807) is 37.4 Å². The number of carbonyl (C=O) groups is 2. The fraction of sp³-hybridized carbons (Fsp3) is 0.208. The molecule has 1 aromatic heterocycles. The lowest BCUT2D eigenvalue weighted by Crippen LogP contribution is -2.39. The summed E-state index contributed by atoms with van der Waals surface area (Å²) in [5.74, 6) is 0.468. The molecule has 0 bridgehead atoms. The largest absolute Gasteiger partial charge is 0.495 e. The van der Waals surface area contributed by atoms with Crippen LogP contribution >= 0.6 is 15.9 Å². The Balaban J connectivity index is 1.79. The van der Waals surface area contributed by atoms with E-state index in [2.05, 4.69) is 31.5 Å². The van der Waals surface area contributed by atoms with Crippen LogP contribution in [0, 0.1) is 6.92 Å². The topological polar surface area (TPSA) is 83.6 Å². The minimum atomic E-state index is -0.690. The molecule has 166 valence electrons. The van der Waals surface area contributed by atoms with Crippen LogP contribution in [0.15, 0.2) is 71.3 Å². The van der Waals surface area contributed by atoms with Gasteiger partial charge >= 0.3 is 0 Å². The first-order chi connectivity index (χ1) is 15.4. The molecule has 0 saturated heterocycles. The van der Waals surface area contributed by atoms with E-state index >= 15 is 0 Å². The molecule has 7 nitrogen and oxygen atoms in total. The number of aryl methyl sites for hydroxylation is 1. The average Bonchev–Trinajstić information content (AvgIpc) is 2.76. The van der Waals surface area contributed by atoms with Crippen LogP contribution in [-0.2, 0) is 9.59 Å². The zero-order chi connectivity index (χ0) is 23.1. The van der Waals surface area contributed by atoms with Gasteiger partial charge in [-0.05, 0) is 65.3 Å². The molecule has 1 atom stereocenters. The number of nitrogens with zero attached hydrogens (tertiary/aromatic N) is 2. The fourth-order valence-electron chi connectivity index (χ4n) is 3.31. The number of benzene rings is 2. The van der Waals surface area contributed by atoms with Gasteiger partial charge in [0.05, 0.1) is 19.3 Å². The lowest BCUT2D eigenvalue weighted by molar-refractivity contribution is -0.123. The van der Waals surface area contributed by atoms with E-state index in [0.717, 1.165) is 15.6 Å². The number of carbonyl (C=O) groups excluding carboxylic acids is 2. The highest BCUT2D eigenvalue weighted by Crippen LogP contribution is 2.28. The van der Waals surface area contributed by atoms with Crippen molar-refractivity contribution in [1.29, 1.82) is 0 Å². The quantitative estimate of drug-likeness (QED) is 0.482. The molecule has 1 heterocycles. The minimum absolute atomic E-state index is 0.00429. The predicted molar refractivity (Wildman–Crippen MR) is 129 cm³/mol. The fourth-order valence-corrected chi connectivity index (χ4v) is 3.55. The van der Waals surface area contributed by atoms with E-state index in [1.165, 1.54) is 0 Å². The molecule has 0 spiro atoms. The molecule has 0 saturated carbocycles. The van der Waals surface area contributed by atoms with Crippen molar-refractivity contribution >= 4 is 39.2 Å². The Kier molecular flexibility index (Phi) is 7.97. The summed E-state index contributed by atoms with van der Waals surface area (Å²) in [5.41, 5.74) is 2.34. The zero-order valence-electron chi connectivity index (χ0n) is 18.1. The van der Waals surface area contributed by atoms with Gasteiger partial charge in [-0.15, -0.1) is 0 Å². The molecule has 0 radical (unpaired) electrons. The van der Waals surface area contributed by atoms with Crippen LogP contribution < -0.4 is 15.4 Å². The van der Waals surface area contributed by atoms with E-state index in [0.29, 0.717) is 17.3 Å². The van der Waals surface area contributed by atoms with Crippen molar-refractivity contribution in [2.45, 2.75) is 13.0 Å². The molecule has 1 unspecified atom stereocenters. The molecule has 0 aliphatic heterocycles. The van der Waals surface area contributed by atoms with Gasteiger partial charge in [0.15, 0.2) is 0 Å². The smallest absolute Gasteiger partial charge is 0.246 e. The van der Waals surface area contributed by atoms with Gasteiger partial charge in [-0.25, -0.2) is 4.98 Å². The minimum Gasteiger partial charge on any atom is -0.495 e. The Bertz CT molecular complexity index is 1070. The Morgan fingerprint density at radius 1 is 1.09 bits per heavy atom. The van der Waals surface area contributed by atoms with Crippen LogP contribution in [-0.4, -0.2) is 42.4 Å². The second-order valence-electron chi connectivity index (χ2n) is 7.33. The van der Waals surface area contributed by atoms with Crippen molar-refractivity contribution in [3.8, 4) is 5.75 Å². The summed E-state index contributed by atoms with van der Waals surface area (Å²) < 4.78 is 6.20. The van der Waals surface area contributed by atoms with Crippen molar-refractivity contribution in [2.24, 2.45) is 0 Å². The summed E-state index contributed by atoms with van der Waals surface area (Å²) >= 11 is 3.32. The SMILES string of the molecule is COc1ccc(C)cc1NC(=O)C(c1ccccc1)N(C)CC(=O)Nc1ccc(Br)cn1. The third kappa shape index (κ3) is 6.15. The number of nitrogens with one attached hydrogen (secondary N) is 2. The predicted octanol–water partition coefficient (Wildman–Crippen LogP) is 4.41. The number of anilines is 2. The Labute approximate surface area is 195 Å². The standard InChI is InChI=1S/C24H25BrN4O3/c1-16-9-11-20(32-3)19(13-16)27-24(31)23(17-7-5-4-6-8-17)29(2)15-22(30)28-21-12-10-18(25)14-26-21/h4-14,23H,15H2,1-3H3,(H,27,31)(H,26,28,30). The first-order valence-corrected chi connectivity index (χ1v) is 10.8. The third-order valence-corrected chi connectivity index (χ3v) is 5.27. The average molecular weight is 497 g/mol. The maximum atomic E-state index is 13.4. The highest BCUT2D eigenvalue weighted by Gasteiger charge is 2.27. The number of methoxy groups -OCH3 is 1. The van der Waals surface area contributed by atoms with E-state index in [1.807, 2.05) is 55.5 Å². The second kappa shape index (κ2) is 10.9. The van der Waals surface area contributed by atoms with Crippen molar-refractivity contribution in [3.05, 3.63) is 82.5 Å². The van der Waals surface area contributed by atoms with E-state index < -0.39 is 6.04 Å².